The van der Waals surface area contributed by atoms with Crippen molar-refractivity contribution in [1.82, 2.24) is 15.5 Å². The maximum absolute atomic E-state index is 13.7. The van der Waals surface area contributed by atoms with Gasteiger partial charge in [0.05, 0.1) is 0 Å². The van der Waals surface area contributed by atoms with Crippen LogP contribution in [0.4, 0.5) is 4.79 Å². The zero-order valence-corrected chi connectivity index (χ0v) is 23.2. The van der Waals surface area contributed by atoms with Crippen molar-refractivity contribution in [2.24, 2.45) is 0 Å². The number of alkyl carbamates (subject to hydrolysis) is 1. The van der Waals surface area contributed by atoms with Gasteiger partial charge in [0.2, 0.25) is 11.8 Å². The molecule has 1 rings (SSSR count). The molecule has 0 aromatic heterocycles. The third-order valence-electron chi connectivity index (χ3n) is 5.55. The molecule has 8 heteroatoms. The molecule has 0 aliphatic rings. The van der Waals surface area contributed by atoms with Crippen LogP contribution in [-0.4, -0.2) is 53.3 Å². The summed E-state index contributed by atoms with van der Waals surface area (Å²) in [5.41, 5.74) is 1.20. The van der Waals surface area contributed by atoms with Crippen LogP contribution in [0.3, 0.4) is 0 Å². The first kappa shape index (κ1) is 30.8. The molecule has 0 radical (unpaired) electrons. The van der Waals surface area contributed by atoms with E-state index in [9.17, 15) is 14.4 Å². The van der Waals surface area contributed by atoms with Crippen LogP contribution in [0.5, 0.6) is 0 Å². The normalized spacial score (nSPS) is 13.0. The number of benzene rings is 1. The van der Waals surface area contributed by atoms with Crippen LogP contribution in [0.1, 0.15) is 90.8 Å². The van der Waals surface area contributed by atoms with E-state index < -0.39 is 23.8 Å². The smallest absolute Gasteiger partial charge is 0.408 e. The van der Waals surface area contributed by atoms with Crippen molar-refractivity contribution in [2.45, 2.75) is 97.8 Å². The number of carbonyl (C=O) groups excluding carboxylic acids is 3. The third-order valence-corrected chi connectivity index (χ3v) is 5.92. The van der Waals surface area contributed by atoms with Gasteiger partial charge in [0.15, 0.2) is 0 Å². The lowest BCUT2D eigenvalue weighted by Gasteiger charge is -2.34. The molecule has 0 aliphatic heterocycles. The fourth-order valence-corrected chi connectivity index (χ4v) is 3.87. The molecule has 0 saturated heterocycles. The van der Waals surface area contributed by atoms with Gasteiger partial charge in [-0.05, 0) is 51.2 Å². The molecule has 0 saturated carbocycles. The number of rotatable bonds is 14. The first-order valence-electron chi connectivity index (χ1n) is 12.8. The predicted molar refractivity (Wildman–Crippen MR) is 145 cm³/mol. The summed E-state index contributed by atoms with van der Waals surface area (Å²) >= 11 is 4.32. The van der Waals surface area contributed by atoms with Gasteiger partial charge in [0, 0.05) is 18.8 Å². The van der Waals surface area contributed by atoms with Gasteiger partial charge >= 0.3 is 6.09 Å². The zero-order valence-electron chi connectivity index (χ0n) is 22.4. The number of amides is 3. The van der Waals surface area contributed by atoms with E-state index in [1.807, 2.05) is 31.2 Å². The second kappa shape index (κ2) is 15.7. The summed E-state index contributed by atoms with van der Waals surface area (Å²) in [6.07, 6.45) is 4.74. The quantitative estimate of drug-likeness (QED) is 0.243. The third kappa shape index (κ3) is 10.9. The summed E-state index contributed by atoms with van der Waals surface area (Å²) in [7, 11) is 0. The Bertz CT molecular complexity index is 793. The standard InChI is InChI=1S/C27H45N3O4S/c1-7-10-12-17-28-24(31)23(21-15-13-20(9-3)14-16-21)30(18-11-8-2)25(32)22(19-35)29-26(33)34-27(4,5)6/h13-16,22-23,35H,7-12,17-19H2,1-6H3,(H,28,31)(H,29,33). The largest absolute Gasteiger partial charge is 0.444 e. The average Bonchev–Trinajstić information content (AvgIpc) is 2.81. The molecule has 0 heterocycles. The first-order chi connectivity index (χ1) is 16.6. The number of nitrogens with zero attached hydrogens (tertiary/aromatic N) is 1. The number of hydrogen-bond donors (Lipinski definition) is 3. The van der Waals surface area contributed by atoms with Crippen molar-refractivity contribution in [2.75, 3.05) is 18.8 Å². The molecule has 198 valence electrons. The van der Waals surface area contributed by atoms with E-state index in [0.29, 0.717) is 13.1 Å². The van der Waals surface area contributed by atoms with Gasteiger partial charge in [-0.3, -0.25) is 9.59 Å². The Morgan fingerprint density at radius 1 is 1.00 bits per heavy atom. The average molecular weight is 508 g/mol. The van der Waals surface area contributed by atoms with Crippen molar-refractivity contribution < 1.29 is 19.1 Å². The lowest BCUT2D eigenvalue weighted by atomic mass is 10.00. The van der Waals surface area contributed by atoms with Crippen LogP contribution in [0.15, 0.2) is 24.3 Å². The van der Waals surface area contributed by atoms with E-state index >= 15 is 0 Å². The van der Waals surface area contributed by atoms with E-state index in [1.54, 1.807) is 25.7 Å². The molecule has 2 N–H and O–H groups in total. The van der Waals surface area contributed by atoms with Crippen molar-refractivity contribution >= 4 is 30.5 Å². The van der Waals surface area contributed by atoms with Gasteiger partial charge in [-0.25, -0.2) is 4.79 Å². The maximum Gasteiger partial charge on any atom is 0.408 e. The van der Waals surface area contributed by atoms with Crippen molar-refractivity contribution in [3.63, 3.8) is 0 Å². The number of ether oxygens (including phenoxy) is 1. The highest BCUT2D eigenvalue weighted by Gasteiger charge is 2.35. The molecular weight excluding hydrogens is 462 g/mol. The second-order valence-corrected chi connectivity index (χ2v) is 10.1. The predicted octanol–water partition coefficient (Wildman–Crippen LogP) is 5.05. The summed E-state index contributed by atoms with van der Waals surface area (Å²) in [5, 5.41) is 5.66. The van der Waals surface area contributed by atoms with Crippen LogP contribution in [0.2, 0.25) is 0 Å². The van der Waals surface area contributed by atoms with E-state index in [0.717, 1.165) is 49.7 Å². The number of nitrogens with one attached hydrogen (secondary N) is 2. The summed E-state index contributed by atoms with van der Waals surface area (Å²) in [6.45, 7) is 12.4. The number of unbranched alkanes of at least 4 members (excludes halogenated alkanes) is 3. The Hall–Kier alpha value is -2.22. The van der Waals surface area contributed by atoms with E-state index in [-0.39, 0.29) is 17.6 Å². The molecule has 2 atom stereocenters. The molecule has 1 aromatic rings. The number of thiol groups is 1. The molecule has 0 aliphatic carbocycles. The van der Waals surface area contributed by atoms with E-state index in [4.69, 9.17) is 4.74 Å². The minimum Gasteiger partial charge on any atom is -0.444 e. The Morgan fingerprint density at radius 3 is 2.14 bits per heavy atom. The molecule has 2 unspecified atom stereocenters. The number of aryl methyl sites for hydroxylation is 1. The first-order valence-corrected chi connectivity index (χ1v) is 13.5. The van der Waals surface area contributed by atoms with Crippen molar-refractivity contribution in [3.8, 4) is 0 Å². The fraction of sp³-hybridized carbons (Fsp3) is 0.667. The topological polar surface area (TPSA) is 87.7 Å². The van der Waals surface area contributed by atoms with Gasteiger partial charge in [-0.1, -0.05) is 64.3 Å². The second-order valence-electron chi connectivity index (χ2n) is 9.76. The van der Waals surface area contributed by atoms with Crippen LogP contribution < -0.4 is 10.6 Å². The van der Waals surface area contributed by atoms with Gasteiger partial charge in [-0.2, -0.15) is 12.6 Å². The highest BCUT2D eigenvalue weighted by molar-refractivity contribution is 7.80. The summed E-state index contributed by atoms with van der Waals surface area (Å²) in [4.78, 5) is 41.2. The van der Waals surface area contributed by atoms with Crippen LogP contribution >= 0.6 is 12.6 Å². The molecule has 0 bridgehead atoms. The van der Waals surface area contributed by atoms with Gasteiger partial charge in [0.1, 0.15) is 17.7 Å². The van der Waals surface area contributed by atoms with E-state index in [1.165, 1.54) is 0 Å². The van der Waals surface area contributed by atoms with Crippen LogP contribution in [0, 0.1) is 0 Å². The van der Waals surface area contributed by atoms with Crippen molar-refractivity contribution in [1.29, 1.82) is 0 Å². The minimum atomic E-state index is -0.921. The van der Waals surface area contributed by atoms with Crippen LogP contribution in [0.25, 0.3) is 0 Å². The highest BCUT2D eigenvalue weighted by atomic mass is 32.1. The maximum atomic E-state index is 13.7. The Labute approximate surface area is 217 Å². The minimum absolute atomic E-state index is 0.0836. The summed E-state index contributed by atoms with van der Waals surface area (Å²) < 4.78 is 5.34. The molecule has 1 aromatic carbocycles. The molecule has 7 nitrogen and oxygen atoms in total. The Kier molecular flexibility index (Phi) is 13.8. The molecule has 0 spiro atoms. The molecule has 35 heavy (non-hydrogen) atoms. The van der Waals surface area contributed by atoms with E-state index in [2.05, 4.69) is 37.1 Å². The summed E-state index contributed by atoms with van der Waals surface area (Å²) in [6, 6.07) is 6.09. The van der Waals surface area contributed by atoms with Crippen LogP contribution in [-0.2, 0) is 20.7 Å². The van der Waals surface area contributed by atoms with Gasteiger partial charge < -0.3 is 20.3 Å². The summed E-state index contributed by atoms with van der Waals surface area (Å²) in [5.74, 6) is -0.488. The number of carbonyl (C=O) groups is 3. The van der Waals surface area contributed by atoms with Crippen molar-refractivity contribution in [3.05, 3.63) is 35.4 Å². The monoisotopic (exact) mass is 507 g/mol. The van der Waals surface area contributed by atoms with Gasteiger partial charge in [0.25, 0.3) is 0 Å². The molecular formula is C27H45N3O4S. The zero-order chi connectivity index (χ0) is 26.4. The molecule has 0 fully saturated rings. The fourth-order valence-electron chi connectivity index (χ4n) is 3.62. The lowest BCUT2D eigenvalue weighted by molar-refractivity contribution is -0.142. The highest BCUT2D eigenvalue weighted by Crippen LogP contribution is 2.24. The molecule has 3 amide bonds. The lowest BCUT2D eigenvalue weighted by Crippen LogP contribution is -2.54. The van der Waals surface area contributed by atoms with Gasteiger partial charge in [-0.15, -0.1) is 0 Å². The Balaban J connectivity index is 3.29. The Morgan fingerprint density at radius 2 is 1.63 bits per heavy atom. The SMILES string of the molecule is CCCCCNC(=O)C(c1ccc(CC)cc1)N(CCCC)C(=O)C(CS)NC(=O)OC(C)(C)C. The number of hydrogen-bond acceptors (Lipinski definition) is 5.